The van der Waals surface area contributed by atoms with Gasteiger partial charge in [-0.2, -0.15) is 5.26 Å². The number of nitrogens with one attached hydrogen (secondary N) is 3. The molecule has 5 amide bonds. The molecule has 2 aromatic rings. The number of likely N-dealkylation sites (tertiary alicyclic amines) is 1. The number of rotatable bonds is 8. The van der Waals surface area contributed by atoms with Crippen molar-refractivity contribution in [2.75, 3.05) is 18.9 Å². The van der Waals surface area contributed by atoms with Crippen LogP contribution in [0.1, 0.15) is 57.6 Å². The third-order valence-corrected chi connectivity index (χ3v) is 8.69. The van der Waals surface area contributed by atoms with E-state index in [0.29, 0.717) is 11.3 Å². The van der Waals surface area contributed by atoms with Crippen LogP contribution in [0.25, 0.3) is 0 Å². The molecule has 4 atom stereocenters. The van der Waals surface area contributed by atoms with Gasteiger partial charge in [-0.15, -0.1) is 0 Å². The number of benzene rings is 2. The van der Waals surface area contributed by atoms with Crippen LogP contribution < -0.4 is 16.0 Å². The van der Waals surface area contributed by atoms with Gasteiger partial charge in [0.1, 0.15) is 23.9 Å². The first-order valence-corrected chi connectivity index (χ1v) is 15.0. The number of nitriles is 1. The molecule has 1 unspecified atom stereocenters. The summed E-state index contributed by atoms with van der Waals surface area (Å²) in [6.07, 6.45) is 2.24. The summed E-state index contributed by atoms with van der Waals surface area (Å²) in [6.45, 7) is 5.88. The summed E-state index contributed by atoms with van der Waals surface area (Å²) in [6, 6.07) is 11.9. The van der Waals surface area contributed by atoms with Crippen molar-refractivity contribution in [3.63, 3.8) is 0 Å². The molecule has 2 aromatic carbocycles. The standard InChI is InChI=1S/C33H39FN6O4/c1-32(2,3)17-27(29(42)40-19-33(16-23(40)18-35)24-7-5-6-8-25(24)37-30(33)43)39(4)28(41)26(38-31(44)36-22-13-14-22)15-20-9-11-21(34)12-10-20/h5-12,22-23,26-27H,13-17,19H2,1-4H3,(H,37,43)(H2,36,38,44)/t23-,26?,27-,33-/m0/s1. The molecule has 0 radical (unpaired) electrons. The van der Waals surface area contributed by atoms with E-state index in [0.717, 1.165) is 18.4 Å². The second-order valence-electron chi connectivity index (χ2n) is 13.4. The third kappa shape index (κ3) is 6.39. The molecule has 2 aliphatic heterocycles. The number of hydrogen-bond donors (Lipinski definition) is 3. The maximum atomic E-state index is 14.4. The number of nitrogens with zero attached hydrogens (tertiary/aromatic N) is 3. The van der Waals surface area contributed by atoms with Gasteiger partial charge >= 0.3 is 6.03 Å². The van der Waals surface area contributed by atoms with Crippen LogP contribution in [0.4, 0.5) is 14.9 Å². The summed E-state index contributed by atoms with van der Waals surface area (Å²) >= 11 is 0. The minimum atomic E-state index is -1.06. The first-order chi connectivity index (χ1) is 20.8. The Morgan fingerprint density at radius 3 is 2.48 bits per heavy atom. The summed E-state index contributed by atoms with van der Waals surface area (Å²) < 4.78 is 13.6. The van der Waals surface area contributed by atoms with Gasteiger partial charge in [-0.3, -0.25) is 14.4 Å². The van der Waals surface area contributed by atoms with Gasteiger partial charge in [0.25, 0.3) is 0 Å². The number of hydrogen-bond acceptors (Lipinski definition) is 5. The largest absolute Gasteiger partial charge is 0.335 e. The Morgan fingerprint density at radius 1 is 1.16 bits per heavy atom. The number of halogens is 1. The lowest BCUT2D eigenvalue weighted by molar-refractivity contribution is -0.147. The Bertz CT molecular complexity index is 1490. The van der Waals surface area contributed by atoms with Crippen LogP contribution in [0.3, 0.4) is 0 Å². The van der Waals surface area contributed by atoms with Crippen molar-refractivity contribution in [1.82, 2.24) is 20.4 Å². The zero-order valence-electron chi connectivity index (χ0n) is 25.5. The van der Waals surface area contributed by atoms with Crippen molar-refractivity contribution >= 4 is 29.4 Å². The number of urea groups is 1. The normalized spacial score (nSPS) is 22.0. The van der Waals surface area contributed by atoms with Crippen LogP contribution >= 0.6 is 0 Å². The maximum Gasteiger partial charge on any atom is 0.315 e. The zero-order valence-corrected chi connectivity index (χ0v) is 25.5. The molecule has 0 bridgehead atoms. The van der Waals surface area contributed by atoms with Gasteiger partial charge in [-0.25, -0.2) is 9.18 Å². The molecular formula is C33H39FN6O4. The fraction of sp³-hybridized carbons (Fsp3) is 0.485. The smallest absolute Gasteiger partial charge is 0.315 e. The Hall–Kier alpha value is -4.46. The zero-order chi connectivity index (χ0) is 31.8. The molecule has 1 saturated carbocycles. The molecule has 2 heterocycles. The van der Waals surface area contributed by atoms with Gasteiger partial charge in [0.15, 0.2) is 0 Å². The lowest BCUT2D eigenvalue weighted by Crippen LogP contribution is -2.58. The lowest BCUT2D eigenvalue weighted by atomic mass is 9.80. The number of anilines is 1. The van der Waals surface area contributed by atoms with Crippen molar-refractivity contribution < 1.29 is 23.6 Å². The summed E-state index contributed by atoms with van der Waals surface area (Å²) in [5.41, 5.74) is 0.605. The van der Waals surface area contributed by atoms with Gasteiger partial charge in [0, 0.05) is 38.2 Å². The predicted octanol–water partition coefficient (Wildman–Crippen LogP) is 3.48. The fourth-order valence-electron chi connectivity index (χ4n) is 6.22. The molecule has 3 aliphatic rings. The van der Waals surface area contributed by atoms with E-state index in [9.17, 15) is 28.8 Å². The summed E-state index contributed by atoms with van der Waals surface area (Å²) in [4.78, 5) is 57.4. The number of para-hydroxylation sites is 1. The number of amides is 5. The first-order valence-electron chi connectivity index (χ1n) is 15.0. The average Bonchev–Trinajstić information content (AvgIpc) is 3.63. The van der Waals surface area contributed by atoms with Gasteiger partial charge in [0.05, 0.1) is 11.5 Å². The van der Waals surface area contributed by atoms with Crippen LogP contribution in [0, 0.1) is 22.6 Å². The van der Waals surface area contributed by atoms with Crippen molar-refractivity contribution in [1.29, 1.82) is 5.26 Å². The summed E-state index contributed by atoms with van der Waals surface area (Å²) in [7, 11) is 1.53. The summed E-state index contributed by atoms with van der Waals surface area (Å²) in [5, 5.41) is 18.6. The van der Waals surface area contributed by atoms with Gasteiger partial charge in [0.2, 0.25) is 17.7 Å². The van der Waals surface area contributed by atoms with Gasteiger partial charge in [-0.05, 0) is 54.0 Å². The molecule has 3 N–H and O–H groups in total. The summed E-state index contributed by atoms with van der Waals surface area (Å²) in [5.74, 6) is -1.59. The third-order valence-electron chi connectivity index (χ3n) is 8.69. The second kappa shape index (κ2) is 11.9. The van der Waals surface area contributed by atoms with Crippen LogP contribution in [0.2, 0.25) is 0 Å². The average molecular weight is 603 g/mol. The Balaban J connectivity index is 1.43. The molecule has 1 spiro atoms. The van der Waals surface area contributed by atoms with Crippen LogP contribution in [-0.4, -0.2) is 71.3 Å². The van der Waals surface area contributed by atoms with Crippen LogP contribution in [-0.2, 0) is 26.2 Å². The molecule has 1 saturated heterocycles. The molecule has 0 aromatic heterocycles. The molecule has 10 nitrogen and oxygen atoms in total. The molecule has 2 fully saturated rings. The number of carbonyl (C=O) groups excluding carboxylic acids is 4. The molecular weight excluding hydrogens is 563 g/mol. The molecule has 1 aliphatic carbocycles. The minimum absolute atomic E-state index is 0.0105. The maximum absolute atomic E-state index is 14.4. The Morgan fingerprint density at radius 2 is 1.84 bits per heavy atom. The quantitative estimate of drug-likeness (QED) is 0.425. The van der Waals surface area contributed by atoms with Crippen molar-refractivity contribution in [2.45, 2.75) is 82.5 Å². The SMILES string of the molecule is CN(C(=O)C(Cc1ccc(F)cc1)NC(=O)NC1CC1)[C@@H](CC(C)(C)C)C(=O)N1C[C@]2(C[C@H]1C#N)C(=O)Nc1ccccc12. The Kier molecular flexibility index (Phi) is 8.38. The molecule has 11 heteroatoms. The number of fused-ring (bicyclic) bond motifs is 2. The van der Waals surface area contributed by atoms with Crippen LogP contribution in [0.5, 0.6) is 0 Å². The van der Waals surface area contributed by atoms with E-state index < -0.39 is 52.6 Å². The van der Waals surface area contributed by atoms with Crippen molar-refractivity contribution in [3.05, 3.63) is 65.5 Å². The molecule has 232 valence electrons. The predicted molar refractivity (Wildman–Crippen MR) is 162 cm³/mol. The molecule has 44 heavy (non-hydrogen) atoms. The highest BCUT2D eigenvalue weighted by Crippen LogP contribution is 2.46. The van der Waals surface area contributed by atoms with E-state index in [1.165, 1.54) is 29.0 Å². The highest BCUT2D eigenvalue weighted by atomic mass is 19.1. The highest BCUT2D eigenvalue weighted by Gasteiger charge is 2.57. The number of likely N-dealkylation sites (N-methyl/N-ethyl adjacent to an activating group) is 1. The monoisotopic (exact) mass is 602 g/mol. The van der Waals surface area contributed by atoms with E-state index in [1.54, 1.807) is 18.2 Å². The van der Waals surface area contributed by atoms with Crippen LogP contribution in [0.15, 0.2) is 48.5 Å². The highest BCUT2D eigenvalue weighted by molar-refractivity contribution is 6.07. The fourth-order valence-corrected chi connectivity index (χ4v) is 6.22. The van der Waals surface area contributed by atoms with Crippen molar-refractivity contribution in [3.8, 4) is 6.07 Å². The topological polar surface area (TPSA) is 135 Å². The van der Waals surface area contributed by atoms with E-state index >= 15 is 0 Å². The van der Waals surface area contributed by atoms with Crippen molar-refractivity contribution in [2.24, 2.45) is 5.41 Å². The van der Waals surface area contributed by atoms with E-state index in [-0.39, 0.29) is 37.8 Å². The Labute approximate surface area is 257 Å². The van der Waals surface area contributed by atoms with Gasteiger partial charge < -0.3 is 25.8 Å². The number of carbonyl (C=O) groups is 4. The first kappa shape index (κ1) is 31.0. The van der Waals surface area contributed by atoms with E-state index in [4.69, 9.17) is 0 Å². The van der Waals surface area contributed by atoms with Gasteiger partial charge in [-0.1, -0.05) is 51.1 Å². The molecule has 5 rings (SSSR count). The van der Waals surface area contributed by atoms with E-state index in [2.05, 4.69) is 22.0 Å². The van der Waals surface area contributed by atoms with E-state index in [1.807, 2.05) is 39.0 Å². The lowest BCUT2D eigenvalue weighted by Gasteiger charge is -2.37. The second-order valence-corrected chi connectivity index (χ2v) is 13.4. The minimum Gasteiger partial charge on any atom is -0.335 e.